The summed E-state index contributed by atoms with van der Waals surface area (Å²) >= 11 is 0. The van der Waals surface area contributed by atoms with Crippen molar-refractivity contribution in [1.29, 1.82) is 0 Å². The van der Waals surface area contributed by atoms with E-state index in [1.807, 2.05) is 41.3 Å². The van der Waals surface area contributed by atoms with Crippen LogP contribution in [0, 0.1) is 12.7 Å². The van der Waals surface area contributed by atoms with Crippen molar-refractivity contribution in [2.45, 2.75) is 45.1 Å². The van der Waals surface area contributed by atoms with Crippen LogP contribution in [0.1, 0.15) is 48.5 Å². The molecule has 1 saturated heterocycles. The topological polar surface area (TPSA) is 58.1 Å². The molecule has 0 bridgehead atoms. The molecule has 160 valence electrons. The van der Waals surface area contributed by atoms with Gasteiger partial charge in [0.1, 0.15) is 11.6 Å². The van der Waals surface area contributed by atoms with Gasteiger partial charge in [0.2, 0.25) is 5.91 Å². The molecule has 0 spiro atoms. The third-order valence-corrected chi connectivity index (χ3v) is 5.72. The van der Waals surface area contributed by atoms with Gasteiger partial charge in [0.25, 0.3) is 0 Å². The molecule has 5 nitrogen and oxygen atoms in total. The van der Waals surface area contributed by atoms with Crippen LogP contribution in [-0.2, 0) is 11.2 Å². The number of carbonyl (C=O) groups excluding carboxylic acids is 1. The zero-order valence-corrected chi connectivity index (χ0v) is 17.7. The number of nitrogens with zero attached hydrogens (tertiary/aromatic N) is 3. The summed E-state index contributed by atoms with van der Waals surface area (Å²) in [5, 5.41) is 3.23. The lowest BCUT2D eigenvalue weighted by Gasteiger charge is -2.24. The minimum absolute atomic E-state index is 0.0319. The first kappa shape index (κ1) is 21.0. The summed E-state index contributed by atoms with van der Waals surface area (Å²) in [6, 6.07) is 14.9. The molecule has 1 fully saturated rings. The Balaban J connectivity index is 1.33. The van der Waals surface area contributed by atoms with Crippen molar-refractivity contribution in [3.05, 3.63) is 83.6 Å². The largest absolute Gasteiger partial charge is 0.339 e. The van der Waals surface area contributed by atoms with E-state index in [2.05, 4.69) is 15.3 Å². The second kappa shape index (κ2) is 9.69. The first-order valence-electron chi connectivity index (χ1n) is 10.8. The SMILES string of the molecule is Cc1cc(CCCC(=O)N2CCCC2c2ccc(Nc3ccccn3)cn2)ccc1F. The fraction of sp³-hybridized carbons (Fsp3) is 0.320. The molecule has 1 atom stereocenters. The summed E-state index contributed by atoms with van der Waals surface area (Å²) in [4.78, 5) is 23.7. The highest BCUT2D eigenvalue weighted by molar-refractivity contribution is 5.77. The van der Waals surface area contributed by atoms with Crippen molar-refractivity contribution in [2.75, 3.05) is 11.9 Å². The Morgan fingerprint density at radius 2 is 2.10 bits per heavy atom. The molecule has 2 aromatic heterocycles. The van der Waals surface area contributed by atoms with Crippen LogP contribution >= 0.6 is 0 Å². The number of aromatic nitrogens is 2. The van der Waals surface area contributed by atoms with Gasteiger partial charge in [-0.15, -0.1) is 0 Å². The van der Waals surface area contributed by atoms with E-state index >= 15 is 0 Å². The van der Waals surface area contributed by atoms with Crippen LogP contribution in [0.5, 0.6) is 0 Å². The Morgan fingerprint density at radius 1 is 1.19 bits per heavy atom. The maximum absolute atomic E-state index is 13.4. The second-order valence-corrected chi connectivity index (χ2v) is 7.99. The molecule has 3 heterocycles. The first-order chi connectivity index (χ1) is 15.1. The predicted octanol–water partition coefficient (Wildman–Crippen LogP) is 5.35. The maximum Gasteiger partial charge on any atom is 0.223 e. The fourth-order valence-electron chi connectivity index (χ4n) is 4.08. The minimum Gasteiger partial charge on any atom is -0.339 e. The number of aryl methyl sites for hydroxylation is 2. The van der Waals surface area contributed by atoms with Crippen molar-refractivity contribution in [1.82, 2.24) is 14.9 Å². The van der Waals surface area contributed by atoms with Gasteiger partial charge in [-0.3, -0.25) is 9.78 Å². The molecule has 6 heteroatoms. The van der Waals surface area contributed by atoms with Gasteiger partial charge in [-0.25, -0.2) is 9.37 Å². The monoisotopic (exact) mass is 418 g/mol. The molecule has 31 heavy (non-hydrogen) atoms. The average molecular weight is 419 g/mol. The van der Waals surface area contributed by atoms with E-state index in [1.54, 1.807) is 25.4 Å². The first-order valence-corrected chi connectivity index (χ1v) is 10.8. The summed E-state index contributed by atoms with van der Waals surface area (Å²) in [6.07, 6.45) is 7.48. The molecular weight excluding hydrogens is 391 g/mol. The van der Waals surface area contributed by atoms with E-state index < -0.39 is 0 Å². The smallest absolute Gasteiger partial charge is 0.223 e. The molecule has 0 radical (unpaired) electrons. The molecular formula is C25H27FN4O. The molecule has 0 saturated carbocycles. The summed E-state index contributed by atoms with van der Waals surface area (Å²) in [5.41, 5.74) is 3.51. The lowest BCUT2D eigenvalue weighted by molar-refractivity contribution is -0.132. The molecule has 4 rings (SSSR count). The Morgan fingerprint density at radius 3 is 2.84 bits per heavy atom. The number of amides is 1. The number of nitrogens with one attached hydrogen (secondary N) is 1. The Bertz CT molecular complexity index is 1020. The van der Waals surface area contributed by atoms with E-state index in [4.69, 9.17) is 0 Å². The van der Waals surface area contributed by atoms with Gasteiger partial charge in [0, 0.05) is 19.2 Å². The second-order valence-electron chi connectivity index (χ2n) is 7.99. The molecule has 0 aliphatic carbocycles. The van der Waals surface area contributed by atoms with E-state index in [0.717, 1.165) is 55.0 Å². The summed E-state index contributed by atoms with van der Waals surface area (Å²) in [7, 11) is 0. The zero-order valence-electron chi connectivity index (χ0n) is 17.7. The fourth-order valence-corrected chi connectivity index (χ4v) is 4.08. The molecule has 3 aromatic rings. The number of carbonyl (C=O) groups is 1. The van der Waals surface area contributed by atoms with Crippen LogP contribution in [0.2, 0.25) is 0 Å². The van der Waals surface area contributed by atoms with Crippen LogP contribution < -0.4 is 5.32 Å². The molecule has 1 aliphatic heterocycles. The quantitative estimate of drug-likeness (QED) is 0.562. The van der Waals surface area contributed by atoms with Gasteiger partial charge in [0.05, 0.1) is 23.6 Å². The third-order valence-electron chi connectivity index (χ3n) is 5.72. The van der Waals surface area contributed by atoms with Crippen LogP contribution in [0.25, 0.3) is 0 Å². The molecule has 1 amide bonds. The number of hydrogen-bond donors (Lipinski definition) is 1. The maximum atomic E-state index is 13.4. The van der Waals surface area contributed by atoms with E-state index in [9.17, 15) is 9.18 Å². The van der Waals surface area contributed by atoms with Crippen LogP contribution in [0.3, 0.4) is 0 Å². The van der Waals surface area contributed by atoms with Gasteiger partial charge in [0.15, 0.2) is 0 Å². The number of rotatable bonds is 7. The van der Waals surface area contributed by atoms with Crippen LogP contribution in [0.4, 0.5) is 15.9 Å². The van der Waals surface area contributed by atoms with Crippen LogP contribution in [0.15, 0.2) is 60.9 Å². The summed E-state index contributed by atoms with van der Waals surface area (Å²) in [5.74, 6) is 0.748. The summed E-state index contributed by atoms with van der Waals surface area (Å²) in [6.45, 7) is 2.54. The van der Waals surface area contributed by atoms with Crippen molar-refractivity contribution in [3.63, 3.8) is 0 Å². The normalized spacial score (nSPS) is 15.8. The third kappa shape index (κ3) is 5.26. The van der Waals surface area contributed by atoms with Gasteiger partial charge < -0.3 is 10.2 Å². The molecule has 1 aliphatic rings. The number of halogens is 1. The molecule has 1 aromatic carbocycles. The van der Waals surface area contributed by atoms with Crippen LogP contribution in [-0.4, -0.2) is 27.3 Å². The average Bonchev–Trinajstić information content (AvgIpc) is 3.27. The lowest BCUT2D eigenvalue weighted by Crippen LogP contribution is -2.30. The zero-order chi connectivity index (χ0) is 21.6. The Kier molecular flexibility index (Phi) is 6.55. The highest BCUT2D eigenvalue weighted by atomic mass is 19.1. The van der Waals surface area contributed by atoms with Gasteiger partial charge in [-0.2, -0.15) is 0 Å². The highest BCUT2D eigenvalue weighted by Gasteiger charge is 2.30. The van der Waals surface area contributed by atoms with E-state index in [0.29, 0.717) is 12.0 Å². The highest BCUT2D eigenvalue weighted by Crippen LogP contribution is 2.32. The Labute approximate surface area is 182 Å². The number of hydrogen-bond acceptors (Lipinski definition) is 4. The minimum atomic E-state index is -0.187. The lowest BCUT2D eigenvalue weighted by atomic mass is 10.0. The van der Waals surface area contributed by atoms with Gasteiger partial charge >= 0.3 is 0 Å². The van der Waals surface area contributed by atoms with Crippen molar-refractivity contribution < 1.29 is 9.18 Å². The predicted molar refractivity (Wildman–Crippen MR) is 120 cm³/mol. The van der Waals surface area contributed by atoms with Crippen molar-refractivity contribution in [2.24, 2.45) is 0 Å². The molecule has 1 unspecified atom stereocenters. The number of benzene rings is 1. The summed E-state index contributed by atoms with van der Waals surface area (Å²) < 4.78 is 13.4. The molecule has 1 N–H and O–H groups in total. The standard InChI is InChI=1S/C25H27FN4O/c1-18-16-19(10-12-21(18)26)6-4-9-25(31)30-15-5-7-23(30)22-13-11-20(17-28-22)29-24-8-2-3-14-27-24/h2-3,8,10-14,16-17,23H,4-7,9,15H2,1H3,(H,27,29). The number of anilines is 2. The Hall–Kier alpha value is -3.28. The van der Waals surface area contributed by atoms with E-state index in [1.165, 1.54) is 6.07 Å². The van der Waals surface area contributed by atoms with Crippen molar-refractivity contribution >= 4 is 17.4 Å². The van der Waals surface area contributed by atoms with E-state index in [-0.39, 0.29) is 17.8 Å². The van der Waals surface area contributed by atoms with Crippen molar-refractivity contribution in [3.8, 4) is 0 Å². The number of likely N-dealkylation sites (tertiary alicyclic amines) is 1. The van der Waals surface area contributed by atoms with Gasteiger partial charge in [-0.1, -0.05) is 18.2 Å². The van der Waals surface area contributed by atoms with Gasteiger partial charge in [-0.05, 0) is 74.1 Å². The number of pyridine rings is 2.